The molecule has 9 heteroatoms. The maximum Gasteiger partial charge on any atom is 0.433 e. The van der Waals surface area contributed by atoms with Gasteiger partial charge in [0.25, 0.3) is 5.91 Å². The van der Waals surface area contributed by atoms with Crippen LogP contribution in [0.4, 0.5) is 17.6 Å². The maximum atomic E-state index is 13.3. The van der Waals surface area contributed by atoms with E-state index in [-0.39, 0.29) is 21.5 Å². The monoisotopic (exact) mass is 406 g/mol. The first-order chi connectivity index (χ1) is 13.6. The summed E-state index contributed by atoms with van der Waals surface area (Å²) < 4.78 is 58.1. The van der Waals surface area contributed by atoms with Crippen LogP contribution >= 0.6 is 0 Å². The van der Waals surface area contributed by atoms with Gasteiger partial charge in [0.05, 0.1) is 5.56 Å². The molecule has 0 aliphatic carbocycles. The van der Waals surface area contributed by atoms with Crippen LogP contribution in [-0.2, 0) is 17.5 Å². The molecule has 0 bridgehead atoms. The number of nitrogens with zero attached hydrogens (tertiary/aromatic N) is 2. The molecule has 0 radical (unpaired) electrons. The average molecular weight is 406 g/mol. The summed E-state index contributed by atoms with van der Waals surface area (Å²) in [5, 5.41) is 3.67. The Bertz CT molecular complexity index is 1040. The summed E-state index contributed by atoms with van der Waals surface area (Å²) in [5.41, 5.74) is -0.646. The Morgan fingerprint density at radius 1 is 1.00 bits per heavy atom. The van der Waals surface area contributed by atoms with E-state index in [1.54, 1.807) is 19.1 Å². The van der Waals surface area contributed by atoms with E-state index in [1.807, 2.05) is 0 Å². The Balaban J connectivity index is 1.83. The second-order valence-electron chi connectivity index (χ2n) is 6.18. The number of halogens is 4. The van der Waals surface area contributed by atoms with Crippen molar-refractivity contribution < 1.29 is 31.9 Å². The fraction of sp³-hybridized carbons (Fsp3) is 0.150. The van der Waals surface area contributed by atoms with Crippen LogP contribution < -0.4 is 0 Å². The Labute approximate surface area is 162 Å². The minimum atomic E-state index is -4.84. The molecule has 2 aromatic carbocycles. The summed E-state index contributed by atoms with van der Waals surface area (Å²) in [5.74, 6) is -2.38. The van der Waals surface area contributed by atoms with Crippen LogP contribution in [0.3, 0.4) is 0 Å². The molecule has 3 rings (SSSR count). The van der Waals surface area contributed by atoms with Crippen molar-refractivity contribution in [1.82, 2.24) is 9.78 Å². The van der Waals surface area contributed by atoms with Crippen molar-refractivity contribution >= 4 is 11.9 Å². The van der Waals surface area contributed by atoms with Gasteiger partial charge in [0.2, 0.25) is 0 Å². The molecule has 0 fully saturated rings. The van der Waals surface area contributed by atoms with Gasteiger partial charge in [-0.15, -0.1) is 0 Å². The first-order valence-electron chi connectivity index (χ1n) is 8.35. The standard InChI is InChI=1S/C20H14F4N2O3/c1-12-2-4-13(5-3-12)18(27)26-17(20(22,23)24)10-16(25-26)11-29-19(28)14-6-8-15(21)9-7-14/h2-10H,11H2,1H3. The van der Waals surface area contributed by atoms with E-state index in [0.717, 1.165) is 17.7 Å². The predicted octanol–water partition coefficient (Wildman–Crippen LogP) is 4.39. The Morgan fingerprint density at radius 2 is 1.59 bits per heavy atom. The summed E-state index contributed by atoms with van der Waals surface area (Å²) >= 11 is 0. The van der Waals surface area contributed by atoms with Gasteiger partial charge in [0.15, 0.2) is 5.69 Å². The van der Waals surface area contributed by atoms with Gasteiger partial charge in [-0.05, 0) is 49.4 Å². The largest absolute Gasteiger partial charge is 0.456 e. The van der Waals surface area contributed by atoms with E-state index < -0.39 is 36.2 Å². The minimum absolute atomic E-state index is 0.0256. The number of aromatic nitrogens is 2. The smallest absolute Gasteiger partial charge is 0.433 e. The van der Waals surface area contributed by atoms with E-state index in [9.17, 15) is 27.2 Å². The SMILES string of the molecule is Cc1ccc(C(=O)n2nc(COC(=O)c3ccc(F)cc3)cc2C(F)(F)F)cc1. The third kappa shape index (κ3) is 4.68. The molecule has 1 heterocycles. The molecule has 0 unspecified atom stereocenters. The number of hydrogen-bond donors (Lipinski definition) is 0. The number of alkyl halides is 3. The fourth-order valence-electron chi connectivity index (χ4n) is 2.48. The molecular formula is C20H14F4N2O3. The highest BCUT2D eigenvalue weighted by Gasteiger charge is 2.38. The molecule has 0 aliphatic rings. The molecule has 0 amide bonds. The van der Waals surface area contributed by atoms with Crippen molar-refractivity contribution in [2.45, 2.75) is 19.7 Å². The number of ether oxygens (including phenoxy) is 1. The first-order valence-corrected chi connectivity index (χ1v) is 8.35. The molecule has 0 spiro atoms. The van der Waals surface area contributed by atoms with Crippen molar-refractivity contribution in [2.75, 3.05) is 0 Å². The lowest BCUT2D eigenvalue weighted by Crippen LogP contribution is -2.21. The topological polar surface area (TPSA) is 61.2 Å². The minimum Gasteiger partial charge on any atom is -0.456 e. The maximum absolute atomic E-state index is 13.3. The van der Waals surface area contributed by atoms with Crippen LogP contribution in [-0.4, -0.2) is 21.7 Å². The lowest BCUT2D eigenvalue weighted by atomic mass is 10.1. The second kappa shape index (κ2) is 7.86. The molecule has 1 aromatic heterocycles. The quantitative estimate of drug-likeness (QED) is 0.476. The molecular weight excluding hydrogens is 392 g/mol. The van der Waals surface area contributed by atoms with Crippen LogP contribution in [0.1, 0.15) is 37.7 Å². The van der Waals surface area contributed by atoms with Gasteiger partial charge >= 0.3 is 12.1 Å². The van der Waals surface area contributed by atoms with E-state index in [2.05, 4.69) is 5.10 Å². The zero-order valence-corrected chi connectivity index (χ0v) is 15.0. The molecule has 0 atom stereocenters. The average Bonchev–Trinajstić information content (AvgIpc) is 3.11. The van der Waals surface area contributed by atoms with Crippen LogP contribution in [0.5, 0.6) is 0 Å². The number of hydrogen-bond acceptors (Lipinski definition) is 4. The zero-order chi connectivity index (χ0) is 21.2. The number of carbonyl (C=O) groups is 2. The number of carbonyl (C=O) groups excluding carboxylic acids is 2. The summed E-state index contributed by atoms with van der Waals surface area (Å²) in [6.45, 7) is 1.18. The normalized spacial score (nSPS) is 11.3. The molecule has 0 saturated heterocycles. The summed E-state index contributed by atoms with van der Waals surface area (Å²) in [7, 11) is 0. The van der Waals surface area contributed by atoms with E-state index in [1.165, 1.54) is 24.3 Å². The van der Waals surface area contributed by atoms with Crippen molar-refractivity contribution in [3.05, 3.63) is 88.5 Å². The van der Waals surface area contributed by atoms with Crippen LogP contribution in [0.15, 0.2) is 54.6 Å². The van der Waals surface area contributed by atoms with Gasteiger partial charge < -0.3 is 4.74 Å². The summed E-state index contributed by atoms with van der Waals surface area (Å²) in [6.07, 6.45) is -4.84. The van der Waals surface area contributed by atoms with Gasteiger partial charge in [0, 0.05) is 5.56 Å². The lowest BCUT2D eigenvalue weighted by molar-refractivity contribution is -0.143. The van der Waals surface area contributed by atoms with Gasteiger partial charge in [-0.3, -0.25) is 4.79 Å². The second-order valence-corrected chi connectivity index (χ2v) is 6.18. The number of esters is 1. The molecule has 0 N–H and O–H groups in total. The highest BCUT2D eigenvalue weighted by Crippen LogP contribution is 2.30. The zero-order valence-electron chi connectivity index (χ0n) is 15.0. The fourth-order valence-corrected chi connectivity index (χ4v) is 2.48. The van der Waals surface area contributed by atoms with Crippen LogP contribution in [0.2, 0.25) is 0 Å². The number of rotatable bonds is 4. The third-order valence-corrected chi connectivity index (χ3v) is 3.97. The molecule has 3 aromatic rings. The van der Waals surface area contributed by atoms with Gasteiger partial charge in [-0.1, -0.05) is 17.7 Å². The predicted molar refractivity (Wildman–Crippen MR) is 93.7 cm³/mol. The van der Waals surface area contributed by atoms with Gasteiger partial charge in [-0.25, -0.2) is 9.18 Å². The Morgan fingerprint density at radius 3 is 2.17 bits per heavy atom. The van der Waals surface area contributed by atoms with E-state index in [4.69, 9.17) is 4.74 Å². The van der Waals surface area contributed by atoms with Gasteiger partial charge in [0.1, 0.15) is 18.1 Å². The Kier molecular flexibility index (Phi) is 5.49. The Hall–Kier alpha value is -3.49. The van der Waals surface area contributed by atoms with Crippen LogP contribution in [0.25, 0.3) is 0 Å². The number of aryl methyl sites for hydroxylation is 1. The van der Waals surface area contributed by atoms with E-state index in [0.29, 0.717) is 6.07 Å². The molecule has 0 saturated carbocycles. The van der Waals surface area contributed by atoms with Gasteiger partial charge in [-0.2, -0.15) is 23.0 Å². The van der Waals surface area contributed by atoms with Crippen molar-refractivity contribution in [1.29, 1.82) is 0 Å². The van der Waals surface area contributed by atoms with E-state index >= 15 is 0 Å². The molecule has 150 valence electrons. The highest BCUT2D eigenvalue weighted by molar-refractivity contribution is 5.96. The highest BCUT2D eigenvalue weighted by atomic mass is 19.4. The molecule has 29 heavy (non-hydrogen) atoms. The molecule has 5 nitrogen and oxygen atoms in total. The van der Waals surface area contributed by atoms with Crippen molar-refractivity contribution in [3.63, 3.8) is 0 Å². The van der Waals surface area contributed by atoms with Crippen molar-refractivity contribution in [3.8, 4) is 0 Å². The van der Waals surface area contributed by atoms with Crippen LogP contribution in [0, 0.1) is 12.7 Å². The van der Waals surface area contributed by atoms with Crippen molar-refractivity contribution in [2.24, 2.45) is 0 Å². The summed E-state index contributed by atoms with van der Waals surface area (Å²) in [6, 6.07) is 11.1. The first kappa shape index (κ1) is 20.2. The summed E-state index contributed by atoms with van der Waals surface area (Å²) in [4.78, 5) is 24.4. The third-order valence-electron chi connectivity index (χ3n) is 3.97. The number of benzene rings is 2. The lowest BCUT2D eigenvalue weighted by Gasteiger charge is -2.09. The molecule has 0 aliphatic heterocycles.